The highest BCUT2D eigenvalue weighted by Crippen LogP contribution is 2.06. The molecular weight excluding hydrogens is 204 g/mol. The Morgan fingerprint density at radius 2 is 2.25 bits per heavy atom. The fraction of sp³-hybridized carbons (Fsp3) is 0.636. The second-order valence-electron chi connectivity index (χ2n) is 4.11. The third kappa shape index (κ3) is 3.56. The van der Waals surface area contributed by atoms with Gasteiger partial charge in [-0.05, 0) is 20.3 Å². The molecule has 0 bridgehead atoms. The van der Waals surface area contributed by atoms with Gasteiger partial charge in [-0.2, -0.15) is 5.10 Å². The Hall–Kier alpha value is -1.52. The van der Waals surface area contributed by atoms with Gasteiger partial charge in [0.2, 0.25) is 0 Å². The van der Waals surface area contributed by atoms with Crippen LogP contribution in [0.15, 0.2) is 6.20 Å². The van der Waals surface area contributed by atoms with E-state index in [0.717, 1.165) is 17.7 Å². The number of carbonyl (C=O) groups excluding carboxylic acids is 1. The summed E-state index contributed by atoms with van der Waals surface area (Å²) in [6.45, 7) is 6.44. The summed E-state index contributed by atoms with van der Waals surface area (Å²) in [4.78, 5) is 11.4. The second kappa shape index (κ2) is 5.53. The lowest BCUT2D eigenvalue weighted by atomic mass is 10.2. The van der Waals surface area contributed by atoms with Crippen LogP contribution in [-0.2, 0) is 20.0 Å². The van der Waals surface area contributed by atoms with E-state index < -0.39 is 0 Å². The molecule has 0 radical (unpaired) electrons. The highest BCUT2D eigenvalue weighted by Gasteiger charge is 2.07. The van der Waals surface area contributed by atoms with Crippen LogP contribution < -0.4 is 10.6 Å². The van der Waals surface area contributed by atoms with Crippen LogP contribution in [0.2, 0.25) is 0 Å². The average molecular weight is 224 g/mol. The van der Waals surface area contributed by atoms with Crippen molar-refractivity contribution >= 4 is 6.03 Å². The lowest BCUT2D eigenvalue weighted by Gasteiger charge is -2.09. The number of hydrogen-bond donors (Lipinski definition) is 2. The zero-order valence-electron chi connectivity index (χ0n) is 10.4. The number of carbonyl (C=O) groups is 1. The maximum absolute atomic E-state index is 11.4. The molecule has 0 atom stereocenters. The molecule has 0 spiro atoms. The molecule has 5 nitrogen and oxygen atoms in total. The molecule has 1 aromatic rings. The van der Waals surface area contributed by atoms with E-state index in [4.69, 9.17) is 0 Å². The lowest BCUT2D eigenvalue weighted by Crippen LogP contribution is -2.39. The summed E-state index contributed by atoms with van der Waals surface area (Å²) in [6.07, 6.45) is 2.82. The second-order valence-corrected chi connectivity index (χ2v) is 4.11. The first-order valence-corrected chi connectivity index (χ1v) is 5.58. The highest BCUT2D eigenvalue weighted by atomic mass is 16.2. The molecule has 0 aromatic carbocycles. The number of aromatic nitrogens is 2. The van der Waals surface area contributed by atoms with Crippen molar-refractivity contribution in [2.45, 2.75) is 39.8 Å². The molecule has 0 fully saturated rings. The summed E-state index contributed by atoms with van der Waals surface area (Å²) in [5.74, 6) is 0. The molecule has 0 unspecified atom stereocenters. The SMILES string of the molecule is CCc1nn(C)cc1CNC(=O)NC(C)C. The Bertz CT molecular complexity index is 357. The van der Waals surface area contributed by atoms with Gasteiger partial charge >= 0.3 is 6.03 Å². The molecular formula is C11H20N4O. The molecule has 0 aliphatic heterocycles. The van der Waals surface area contributed by atoms with Gasteiger partial charge in [-0.3, -0.25) is 4.68 Å². The molecule has 90 valence electrons. The van der Waals surface area contributed by atoms with Gasteiger partial charge in [0.15, 0.2) is 0 Å². The van der Waals surface area contributed by atoms with Crippen LogP contribution in [0.5, 0.6) is 0 Å². The average Bonchev–Trinajstić information content (AvgIpc) is 2.55. The molecule has 16 heavy (non-hydrogen) atoms. The van der Waals surface area contributed by atoms with E-state index in [9.17, 15) is 4.79 Å². The lowest BCUT2D eigenvalue weighted by molar-refractivity contribution is 0.238. The number of nitrogens with zero attached hydrogens (tertiary/aromatic N) is 2. The monoisotopic (exact) mass is 224 g/mol. The minimum absolute atomic E-state index is 0.138. The minimum Gasteiger partial charge on any atom is -0.336 e. The predicted octanol–water partition coefficient (Wildman–Crippen LogP) is 1.19. The van der Waals surface area contributed by atoms with Crippen molar-refractivity contribution in [3.05, 3.63) is 17.5 Å². The van der Waals surface area contributed by atoms with Crippen LogP contribution >= 0.6 is 0 Å². The van der Waals surface area contributed by atoms with Crippen LogP contribution in [0.1, 0.15) is 32.0 Å². The van der Waals surface area contributed by atoms with Gasteiger partial charge < -0.3 is 10.6 Å². The van der Waals surface area contributed by atoms with Crippen molar-refractivity contribution in [1.29, 1.82) is 0 Å². The van der Waals surface area contributed by atoms with E-state index in [2.05, 4.69) is 22.7 Å². The zero-order valence-corrected chi connectivity index (χ0v) is 10.4. The largest absolute Gasteiger partial charge is 0.336 e. The summed E-state index contributed by atoms with van der Waals surface area (Å²) in [5.41, 5.74) is 2.11. The van der Waals surface area contributed by atoms with Crippen LogP contribution in [0.3, 0.4) is 0 Å². The summed E-state index contributed by atoms with van der Waals surface area (Å²) in [7, 11) is 1.89. The first-order chi connectivity index (χ1) is 7.52. The Labute approximate surface area is 96.2 Å². The van der Waals surface area contributed by atoms with Gasteiger partial charge in [0.1, 0.15) is 0 Å². The molecule has 1 aromatic heterocycles. The first kappa shape index (κ1) is 12.5. The highest BCUT2D eigenvalue weighted by molar-refractivity contribution is 5.74. The van der Waals surface area contributed by atoms with Crippen molar-refractivity contribution < 1.29 is 4.79 Å². The number of aryl methyl sites for hydroxylation is 2. The number of amides is 2. The van der Waals surface area contributed by atoms with Crippen molar-refractivity contribution in [1.82, 2.24) is 20.4 Å². The predicted molar refractivity (Wildman–Crippen MR) is 63.1 cm³/mol. The summed E-state index contributed by atoms with van der Waals surface area (Å²) in [5, 5.41) is 9.91. The Morgan fingerprint density at radius 3 is 2.81 bits per heavy atom. The van der Waals surface area contributed by atoms with E-state index in [-0.39, 0.29) is 12.1 Å². The molecule has 1 heterocycles. The third-order valence-electron chi connectivity index (χ3n) is 2.19. The van der Waals surface area contributed by atoms with Crippen molar-refractivity contribution in [3.8, 4) is 0 Å². The first-order valence-electron chi connectivity index (χ1n) is 5.58. The Balaban J connectivity index is 2.50. The quantitative estimate of drug-likeness (QED) is 0.807. The molecule has 2 amide bonds. The fourth-order valence-electron chi connectivity index (χ4n) is 1.52. The van der Waals surface area contributed by atoms with Crippen LogP contribution in [0.4, 0.5) is 4.79 Å². The summed E-state index contributed by atoms with van der Waals surface area (Å²) in [6, 6.07) is 0.0143. The van der Waals surface area contributed by atoms with Gasteiger partial charge in [-0.1, -0.05) is 6.92 Å². The van der Waals surface area contributed by atoms with E-state index >= 15 is 0 Å². The fourth-order valence-corrected chi connectivity index (χ4v) is 1.52. The van der Waals surface area contributed by atoms with Crippen molar-refractivity contribution in [2.75, 3.05) is 0 Å². The van der Waals surface area contributed by atoms with Crippen LogP contribution in [0.25, 0.3) is 0 Å². The minimum atomic E-state index is -0.138. The molecule has 1 rings (SSSR count). The van der Waals surface area contributed by atoms with Crippen molar-refractivity contribution in [2.24, 2.45) is 7.05 Å². The number of rotatable bonds is 4. The maximum Gasteiger partial charge on any atom is 0.315 e. The number of nitrogens with one attached hydrogen (secondary N) is 2. The van der Waals surface area contributed by atoms with Crippen molar-refractivity contribution in [3.63, 3.8) is 0 Å². The Kier molecular flexibility index (Phi) is 4.34. The molecule has 0 saturated carbocycles. The van der Waals surface area contributed by atoms with E-state index in [1.807, 2.05) is 27.1 Å². The molecule has 0 aliphatic rings. The van der Waals surface area contributed by atoms with Gasteiger partial charge in [0.05, 0.1) is 5.69 Å². The van der Waals surface area contributed by atoms with Crippen LogP contribution in [0, 0.1) is 0 Å². The molecule has 0 saturated heterocycles. The van der Waals surface area contributed by atoms with Gasteiger partial charge in [-0.25, -0.2) is 4.79 Å². The standard InChI is InChI=1S/C11H20N4O/c1-5-10-9(7-15(4)14-10)6-12-11(16)13-8(2)3/h7-8H,5-6H2,1-4H3,(H2,12,13,16). The number of urea groups is 1. The van der Waals surface area contributed by atoms with E-state index in [0.29, 0.717) is 6.54 Å². The normalized spacial score (nSPS) is 10.6. The third-order valence-corrected chi connectivity index (χ3v) is 2.19. The Morgan fingerprint density at radius 1 is 1.56 bits per heavy atom. The van der Waals surface area contributed by atoms with E-state index in [1.54, 1.807) is 4.68 Å². The number of hydrogen-bond acceptors (Lipinski definition) is 2. The van der Waals surface area contributed by atoms with Crippen LogP contribution in [-0.4, -0.2) is 21.9 Å². The van der Waals surface area contributed by atoms with E-state index in [1.165, 1.54) is 0 Å². The van der Waals surface area contributed by atoms with Gasteiger partial charge in [0, 0.05) is 31.4 Å². The summed E-state index contributed by atoms with van der Waals surface area (Å²) < 4.78 is 1.77. The molecule has 5 heteroatoms. The smallest absolute Gasteiger partial charge is 0.315 e. The van der Waals surface area contributed by atoms with Gasteiger partial charge in [0.25, 0.3) is 0 Å². The zero-order chi connectivity index (χ0) is 12.1. The van der Waals surface area contributed by atoms with Gasteiger partial charge in [-0.15, -0.1) is 0 Å². The molecule has 0 aliphatic carbocycles. The maximum atomic E-state index is 11.4. The topological polar surface area (TPSA) is 59.0 Å². The molecule has 2 N–H and O–H groups in total. The summed E-state index contributed by atoms with van der Waals surface area (Å²) >= 11 is 0.